The smallest absolute Gasteiger partial charge is 0.105 e. The molecule has 0 N–H and O–H groups in total. The van der Waals surface area contributed by atoms with Gasteiger partial charge < -0.3 is 0 Å². The second kappa shape index (κ2) is 9.39. The average molecular weight is 202 g/mol. The molecule has 0 radical (unpaired) electrons. The van der Waals surface area contributed by atoms with E-state index in [-0.39, 0.29) is 0 Å². The molecule has 0 saturated carbocycles. The highest BCUT2D eigenvalue weighted by Crippen LogP contribution is 2.21. The molecule has 0 aromatic heterocycles. The van der Waals surface area contributed by atoms with Gasteiger partial charge in [-0.1, -0.05) is 19.2 Å². The molecule has 82 valence electrons. The molecule has 0 heteroatoms. The maximum absolute atomic E-state index is 3.98. The normalized spacial score (nSPS) is 9.33. The summed E-state index contributed by atoms with van der Waals surface area (Å²) in [7, 11) is 0. The minimum absolute atomic E-state index is 0.911. The van der Waals surface area contributed by atoms with Crippen molar-refractivity contribution in [3.05, 3.63) is 62.5 Å². The van der Waals surface area contributed by atoms with Crippen molar-refractivity contribution >= 4 is 0 Å². The lowest BCUT2D eigenvalue weighted by molar-refractivity contribution is 0.794. The lowest BCUT2D eigenvalue weighted by atomic mass is 9.93. The van der Waals surface area contributed by atoms with Crippen molar-refractivity contribution in [2.24, 2.45) is 0 Å². The Hall–Kier alpha value is -1.17. The van der Waals surface area contributed by atoms with Crippen molar-refractivity contribution in [1.29, 1.82) is 0 Å². The van der Waals surface area contributed by atoms with Gasteiger partial charge in [0.25, 0.3) is 0 Å². The zero-order chi connectivity index (χ0) is 11.5. The van der Waals surface area contributed by atoms with Crippen LogP contribution in [-0.4, -0.2) is 0 Å². The Kier molecular flexibility index (Phi) is 8.66. The number of hydrogen-bond acceptors (Lipinski definition) is 0. The van der Waals surface area contributed by atoms with Gasteiger partial charge in [0.2, 0.25) is 0 Å². The zero-order valence-corrected chi connectivity index (χ0v) is 9.67. The van der Waals surface area contributed by atoms with Crippen molar-refractivity contribution in [3.8, 4) is 0 Å². The van der Waals surface area contributed by atoms with Gasteiger partial charge >= 0.3 is 0 Å². The molecule has 15 heavy (non-hydrogen) atoms. The Morgan fingerprint density at radius 1 is 1.07 bits per heavy atom. The van der Waals surface area contributed by atoms with E-state index in [9.17, 15) is 0 Å². The van der Waals surface area contributed by atoms with E-state index in [2.05, 4.69) is 32.7 Å². The Labute approximate surface area is 95.1 Å². The lowest BCUT2D eigenvalue weighted by Crippen LogP contribution is -1.96. The van der Waals surface area contributed by atoms with Crippen LogP contribution in [0.4, 0.5) is 0 Å². The van der Waals surface area contributed by atoms with Gasteiger partial charge in [0.05, 0.1) is 5.92 Å². The van der Waals surface area contributed by atoms with Gasteiger partial charge in [-0.3, -0.25) is 6.42 Å². The van der Waals surface area contributed by atoms with E-state index in [1.807, 2.05) is 18.2 Å². The molecule has 0 atom stereocenters. The second-order valence-corrected chi connectivity index (χ2v) is 3.68. The van der Waals surface area contributed by atoms with Gasteiger partial charge in [0.1, 0.15) is 12.8 Å². The molecule has 0 aliphatic carbocycles. The van der Waals surface area contributed by atoms with Gasteiger partial charge in [-0.25, -0.2) is 0 Å². The summed E-state index contributed by atoms with van der Waals surface area (Å²) in [6.45, 7) is 15.2. The van der Waals surface area contributed by atoms with Crippen LogP contribution in [0.3, 0.4) is 0 Å². The molecule has 0 aliphatic rings. The molecule has 0 saturated heterocycles. The largest absolute Gasteiger partial charge is 0.280 e. The fraction of sp³-hybridized carbons (Fsp3) is 0.333. The van der Waals surface area contributed by atoms with E-state index in [0.717, 1.165) is 32.1 Å². The van der Waals surface area contributed by atoms with Gasteiger partial charge in [-0.2, -0.15) is 6.42 Å². The van der Waals surface area contributed by atoms with Crippen molar-refractivity contribution in [2.45, 2.75) is 32.1 Å². The van der Waals surface area contributed by atoms with Crippen molar-refractivity contribution in [2.75, 3.05) is 0 Å². The van der Waals surface area contributed by atoms with Crippen LogP contribution in [0.25, 0.3) is 0 Å². The molecule has 0 aliphatic heterocycles. The third-order valence-corrected chi connectivity index (χ3v) is 2.17. The van der Waals surface area contributed by atoms with E-state index in [1.54, 1.807) is 0 Å². The van der Waals surface area contributed by atoms with Crippen LogP contribution in [0.1, 0.15) is 32.1 Å². The first-order valence-corrected chi connectivity index (χ1v) is 5.39. The lowest BCUT2D eigenvalue weighted by Gasteiger charge is -2.12. The van der Waals surface area contributed by atoms with E-state index in [1.165, 1.54) is 11.5 Å². The Morgan fingerprint density at radius 2 is 1.67 bits per heavy atom. The summed E-state index contributed by atoms with van der Waals surface area (Å²) in [5, 5.41) is 0. The zero-order valence-electron chi connectivity index (χ0n) is 9.67. The van der Waals surface area contributed by atoms with E-state index in [4.69, 9.17) is 0 Å². The monoisotopic (exact) mass is 202 g/mol. The Balaban J connectivity index is 3.68. The average Bonchev–Trinajstić information content (AvgIpc) is 2.19. The first-order chi connectivity index (χ1) is 7.24. The Morgan fingerprint density at radius 3 is 2.13 bits per heavy atom. The van der Waals surface area contributed by atoms with Crippen LogP contribution in [0.15, 0.2) is 50.1 Å². The van der Waals surface area contributed by atoms with Crippen molar-refractivity contribution in [3.63, 3.8) is 0 Å². The summed E-state index contributed by atoms with van der Waals surface area (Å²) in [6.07, 6.45) is 13.0. The van der Waals surface area contributed by atoms with Crippen LogP contribution < -0.4 is 0 Å². The molecule has 0 nitrogen and oxygen atoms in total. The quantitative estimate of drug-likeness (QED) is 0.351. The first kappa shape index (κ1) is 13.8. The molecular formula is C15H22. The topological polar surface area (TPSA) is 0 Å². The fourth-order valence-electron chi connectivity index (χ4n) is 1.43. The third-order valence-electron chi connectivity index (χ3n) is 2.17. The van der Waals surface area contributed by atoms with Crippen LogP contribution in [0.5, 0.6) is 0 Å². The van der Waals surface area contributed by atoms with Gasteiger partial charge in [-0.05, 0) is 25.0 Å². The summed E-state index contributed by atoms with van der Waals surface area (Å²) in [5.41, 5.74) is 1.22. The van der Waals surface area contributed by atoms with Gasteiger partial charge in [0, 0.05) is 0 Å². The second-order valence-electron chi connectivity index (χ2n) is 3.68. The number of allylic oxidation sites excluding steroid dienone is 4. The maximum atomic E-state index is 3.98. The third kappa shape index (κ3) is 7.87. The number of hydrogen-bond donors (Lipinski definition) is 0. The highest BCUT2D eigenvalue weighted by molar-refractivity contribution is 5.08. The molecule has 0 unspecified atom stereocenters. The van der Waals surface area contributed by atoms with Crippen LogP contribution in [0.2, 0.25) is 0 Å². The molecule has 0 spiro atoms. The van der Waals surface area contributed by atoms with Crippen molar-refractivity contribution in [1.82, 2.24) is 0 Å². The SMILES string of the molecule is C=CCC(=C)C[CH-]C[C+](CC=C)CC=C. The van der Waals surface area contributed by atoms with Crippen molar-refractivity contribution < 1.29 is 0 Å². The predicted molar refractivity (Wildman–Crippen MR) is 70.4 cm³/mol. The summed E-state index contributed by atoms with van der Waals surface area (Å²) >= 11 is 0. The summed E-state index contributed by atoms with van der Waals surface area (Å²) in [6, 6.07) is 0. The maximum Gasteiger partial charge on any atom is 0.105 e. The van der Waals surface area contributed by atoms with Crippen LogP contribution >= 0.6 is 0 Å². The molecule has 0 aromatic carbocycles. The van der Waals surface area contributed by atoms with Crippen LogP contribution in [-0.2, 0) is 0 Å². The molecule has 0 heterocycles. The van der Waals surface area contributed by atoms with Gasteiger partial charge in [0.15, 0.2) is 0 Å². The number of rotatable bonds is 10. The first-order valence-electron chi connectivity index (χ1n) is 5.39. The molecule has 0 aromatic rings. The summed E-state index contributed by atoms with van der Waals surface area (Å²) < 4.78 is 0. The van der Waals surface area contributed by atoms with Gasteiger partial charge in [-0.15, -0.1) is 18.7 Å². The van der Waals surface area contributed by atoms with E-state index in [0.29, 0.717) is 0 Å². The van der Waals surface area contributed by atoms with E-state index < -0.39 is 0 Å². The summed E-state index contributed by atoms with van der Waals surface area (Å²) in [4.78, 5) is 0. The molecule has 0 fully saturated rings. The molecular weight excluding hydrogens is 180 g/mol. The minimum atomic E-state index is 0.911. The minimum Gasteiger partial charge on any atom is -0.280 e. The van der Waals surface area contributed by atoms with Crippen LogP contribution in [0, 0.1) is 12.3 Å². The predicted octanol–water partition coefficient (Wildman–Crippen LogP) is 4.83. The molecule has 0 bridgehead atoms. The van der Waals surface area contributed by atoms with E-state index >= 15 is 0 Å². The highest BCUT2D eigenvalue weighted by atomic mass is 14.1. The summed E-state index contributed by atoms with van der Waals surface area (Å²) in [5.74, 6) is 1.46. The molecule has 0 rings (SSSR count). The fourth-order valence-corrected chi connectivity index (χ4v) is 1.43. The Bertz CT molecular complexity index is 200. The standard InChI is InChI=1S/C15H22/c1-5-9-14(4)12-8-13-15(10-6-2)11-7-3/h5-8H,1-4,9-13H2. The molecule has 0 amide bonds. The highest BCUT2D eigenvalue weighted by Gasteiger charge is 2.10.